The van der Waals surface area contributed by atoms with E-state index in [2.05, 4.69) is 22.0 Å². The first-order valence-electron chi connectivity index (χ1n) is 12.9. The molecule has 0 amide bonds. The molecule has 2 aliphatic carbocycles. The van der Waals surface area contributed by atoms with Crippen molar-refractivity contribution in [1.29, 1.82) is 0 Å². The summed E-state index contributed by atoms with van der Waals surface area (Å²) in [6.45, 7) is 4.09. The normalized spacial score (nSPS) is 15.5. The molecule has 2 aromatic carbocycles. The summed E-state index contributed by atoms with van der Waals surface area (Å²) in [5.41, 5.74) is 7.26. The van der Waals surface area contributed by atoms with Crippen LogP contribution in [0.2, 0.25) is 10.0 Å². The number of hydrogen-bond acceptors (Lipinski definition) is 5. The van der Waals surface area contributed by atoms with Crippen molar-refractivity contribution in [2.45, 2.75) is 72.0 Å². The fourth-order valence-corrected chi connectivity index (χ4v) is 7.38. The number of aromatic amines is 2. The van der Waals surface area contributed by atoms with Gasteiger partial charge in [-0.2, -0.15) is 0 Å². The number of rotatable bonds is 4. The number of Topliss-reactive ketones (excluding diaryl/α,β-unsaturated/α-hetero) is 1. The lowest BCUT2D eigenvalue weighted by molar-refractivity contribution is 0.0969. The Labute approximate surface area is 246 Å². The lowest BCUT2D eigenvalue weighted by atomic mass is 9.96. The molecule has 5 nitrogen and oxygen atoms in total. The predicted octanol–water partition coefficient (Wildman–Crippen LogP) is 9.29. The molecule has 39 heavy (non-hydrogen) atoms. The molecule has 0 atom stereocenters. The first kappa shape index (κ1) is 28.0. The highest BCUT2D eigenvalue weighted by atomic mass is 35.5. The fourth-order valence-electron chi connectivity index (χ4n) is 5.02. The Hall–Kier alpha value is -2.58. The van der Waals surface area contributed by atoms with Gasteiger partial charge in [0.2, 0.25) is 0 Å². The Bertz CT molecular complexity index is 1520. The summed E-state index contributed by atoms with van der Waals surface area (Å²) < 4.78 is 0. The van der Waals surface area contributed by atoms with E-state index in [4.69, 9.17) is 23.2 Å². The van der Waals surface area contributed by atoms with Gasteiger partial charge in [-0.1, -0.05) is 51.9 Å². The van der Waals surface area contributed by atoms with Crippen LogP contribution in [0.4, 0.5) is 0 Å². The van der Waals surface area contributed by atoms with Gasteiger partial charge in [0.15, 0.2) is 5.78 Å². The third-order valence-electron chi connectivity index (χ3n) is 6.84. The topological polar surface area (TPSA) is 81.2 Å². The zero-order valence-corrected chi connectivity index (χ0v) is 24.9. The molecule has 2 heterocycles. The van der Waals surface area contributed by atoms with Crippen LogP contribution in [-0.4, -0.2) is 26.7 Å². The van der Waals surface area contributed by atoms with Gasteiger partial charge >= 0.3 is 0 Å². The Morgan fingerprint density at radius 2 is 1.18 bits per heavy atom. The maximum atomic E-state index is 12.1. The van der Waals surface area contributed by atoms with Gasteiger partial charge in [0.25, 0.3) is 0 Å². The number of H-pyrrole nitrogens is 2. The Kier molecular flexibility index (Phi) is 8.82. The lowest BCUT2D eigenvalue weighted by Gasteiger charge is -2.14. The molecule has 0 bridgehead atoms. The van der Waals surface area contributed by atoms with Gasteiger partial charge < -0.3 is 15.2 Å². The van der Waals surface area contributed by atoms with Crippen LogP contribution in [0.1, 0.15) is 64.4 Å². The number of halogens is 2. The summed E-state index contributed by atoms with van der Waals surface area (Å²) in [5, 5.41) is 14.2. The minimum Gasteiger partial charge on any atom is -0.411 e. The maximum absolute atomic E-state index is 12.1. The number of fused-ring (bicyclic) bond motifs is 2. The quantitative estimate of drug-likeness (QED) is 0.162. The minimum absolute atomic E-state index is 0.266. The van der Waals surface area contributed by atoms with Crippen molar-refractivity contribution in [1.82, 2.24) is 9.97 Å². The second-order valence-corrected chi connectivity index (χ2v) is 12.7. The molecule has 202 valence electrons. The molecular formula is C30H29Cl2N3O2S2. The molecule has 9 heteroatoms. The number of aromatic nitrogens is 2. The van der Waals surface area contributed by atoms with Crippen LogP contribution in [0.25, 0.3) is 0 Å². The van der Waals surface area contributed by atoms with Crippen LogP contribution in [0.5, 0.6) is 0 Å². The second-order valence-electron chi connectivity index (χ2n) is 9.65. The number of nitrogens with one attached hydrogen (secondary N) is 2. The van der Waals surface area contributed by atoms with Gasteiger partial charge in [-0.05, 0) is 94.5 Å². The Morgan fingerprint density at radius 1 is 0.718 bits per heavy atom. The van der Waals surface area contributed by atoms with E-state index in [1.54, 1.807) is 23.5 Å². The van der Waals surface area contributed by atoms with E-state index in [9.17, 15) is 10.0 Å². The standard InChI is InChI=1S/C15H15ClN2OS.C15H14ClNOS/c1-9-15(20-11-7-5-10(16)6-8-11)14-12(17-9)3-2-4-13(14)18-19;1-9-15(19-11-7-5-10(16)6-8-11)14-12(17-9)3-2-4-13(14)18/h5-8,17,19H,2-4H2,1H3;5-8,17H,2-4H2,1H3/b18-13+;. The summed E-state index contributed by atoms with van der Waals surface area (Å²) in [6.07, 6.45) is 5.46. The molecule has 0 fully saturated rings. The van der Waals surface area contributed by atoms with Crippen molar-refractivity contribution in [3.63, 3.8) is 0 Å². The number of hydrogen-bond donors (Lipinski definition) is 3. The maximum Gasteiger partial charge on any atom is 0.165 e. The molecule has 0 spiro atoms. The number of benzene rings is 2. The summed E-state index contributed by atoms with van der Waals surface area (Å²) in [5.74, 6) is 0.266. The molecule has 0 unspecified atom stereocenters. The predicted molar refractivity (Wildman–Crippen MR) is 161 cm³/mol. The average Bonchev–Trinajstić information content (AvgIpc) is 3.43. The van der Waals surface area contributed by atoms with E-state index in [1.165, 1.54) is 5.69 Å². The van der Waals surface area contributed by atoms with Crippen molar-refractivity contribution in [2.24, 2.45) is 5.16 Å². The van der Waals surface area contributed by atoms with E-state index >= 15 is 0 Å². The highest BCUT2D eigenvalue weighted by Gasteiger charge is 2.26. The van der Waals surface area contributed by atoms with Crippen LogP contribution in [0.3, 0.4) is 0 Å². The third kappa shape index (κ3) is 6.27. The molecule has 0 saturated carbocycles. The highest BCUT2D eigenvalue weighted by molar-refractivity contribution is 7.99. The van der Waals surface area contributed by atoms with E-state index in [-0.39, 0.29) is 5.78 Å². The first-order valence-corrected chi connectivity index (χ1v) is 15.3. The molecule has 0 saturated heterocycles. The van der Waals surface area contributed by atoms with Crippen LogP contribution < -0.4 is 0 Å². The molecular weight excluding hydrogens is 569 g/mol. The van der Waals surface area contributed by atoms with Gasteiger partial charge in [-0.25, -0.2) is 0 Å². The molecule has 0 radical (unpaired) electrons. The molecule has 0 aliphatic heterocycles. The van der Waals surface area contributed by atoms with E-state index < -0.39 is 0 Å². The van der Waals surface area contributed by atoms with E-state index in [1.807, 2.05) is 55.5 Å². The number of carbonyl (C=O) groups excluding carboxylic acids is 1. The third-order valence-corrected chi connectivity index (χ3v) is 9.79. The van der Waals surface area contributed by atoms with Crippen LogP contribution in [0.15, 0.2) is 73.3 Å². The fraction of sp³-hybridized carbons (Fsp3) is 0.267. The highest BCUT2D eigenvalue weighted by Crippen LogP contribution is 2.39. The minimum atomic E-state index is 0.266. The van der Waals surface area contributed by atoms with Gasteiger partial charge in [-0.15, -0.1) is 0 Å². The Morgan fingerprint density at radius 3 is 1.69 bits per heavy atom. The van der Waals surface area contributed by atoms with Gasteiger partial charge in [-0.3, -0.25) is 4.79 Å². The van der Waals surface area contributed by atoms with Crippen molar-refractivity contribution in [2.75, 3.05) is 0 Å². The molecule has 2 aliphatic rings. The number of carbonyl (C=O) groups is 1. The van der Waals surface area contributed by atoms with E-state index in [0.29, 0.717) is 6.42 Å². The van der Waals surface area contributed by atoms with Gasteiger partial charge in [0, 0.05) is 64.4 Å². The van der Waals surface area contributed by atoms with Gasteiger partial charge in [0.05, 0.1) is 11.3 Å². The number of aryl methyl sites for hydroxylation is 4. The van der Waals surface area contributed by atoms with Crippen molar-refractivity contribution < 1.29 is 10.0 Å². The summed E-state index contributed by atoms with van der Waals surface area (Å²) in [6, 6.07) is 15.5. The number of oxime groups is 1. The smallest absolute Gasteiger partial charge is 0.165 e. The number of ketones is 1. The van der Waals surface area contributed by atoms with Crippen molar-refractivity contribution in [3.05, 3.63) is 92.5 Å². The first-order chi connectivity index (χ1) is 18.8. The molecule has 3 N–H and O–H groups in total. The van der Waals surface area contributed by atoms with Crippen molar-refractivity contribution >= 4 is 58.2 Å². The summed E-state index contributed by atoms with van der Waals surface area (Å²) >= 11 is 15.1. The average molecular weight is 599 g/mol. The van der Waals surface area contributed by atoms with Crippen LogP contribution >= 0.6 is 46.7 Å². The lowest BCUT2D eigenvalue weighted by Crippen LogP contribution is -2.11. The zero-order valence-electron chi connectivity index (χ0n) is 21.7. The summed E-state index contributed by atoms with van der Waals surface area (Å²) in [7, 11) is 0. The van der Waals surface area contributed by atoms with Crippen molar-refractivity contribution in [3.8, 4) is 0 Å². The van der Waals surface area contributed by atoms with Crippen LogP contribution in [0, 0.1) is 13.8 Å². The van der Waals surface area contributed by atoms with Gasteiger partial charge in [0.1, 0.15) is 0 Å². The van der Waals surface area contributed by atoms with E-state index in [0.717, 1.165) is 95.7 Å². The zero-order chi connectivity index (χ0) is 27.5. The SMILES string of the molecule is Cc1[nH]c2c(c1Sc1ccc(Cl)cc1)/C(=N/O)CCC2.Cc1[nH]c2c(c1Sc1ccc(Cl)cc1)C(=O)CCC2. The Balaban J connectivity index is 0.000000158. The second kappa shape index (κ2) is 12.3. The molecule has 6 rings (SSSR count). The largest absolute Gasteiger partial charge is 0.411 e. The number of nitrogens with zero attached hydrogens (tertiary/aromatic N) is 1. The molecule has 4 aromatic rings. The molecule has 2 aromatic heterocycles. The summed E-state index contributed by atoms with van der Waals surface area (Å²) in [4.78, 5) is 23.3. The monoisotopic (exact) mass is 597 g/mol. The van der Waals surface area contributed by atoms with Crippen LogP contribution in [-0.2, 0) is 12.8 Å².